The summed E-state index contributed by atoms with van der Waals surface area (Å²) in [6.45, 7) is 0. The van der Waals surface area contributed by atoms with Crippen LogP contribution in [0.4, 0.5) is 8.78 Å². The molecule has 2 aromatic carbocycles. The van der Waals surface area contributed by atoms with E-state index in [1.165, 1.54) is 16.9 Å². The molecular formula is C17H10F2N6O. The minimum atomic E-state index is -0.827. The Labute approximate surface area is 145 Å². The maximum Gasteiger partial charge on any atom is 0.345 e. The van der Waals surface area contributed by atoms with Crippen LogP contribution in [0.2, 0.25) is 0 Å². The molecule has 4 aromatic rings. The Kier molecular flexibility index (Phi) is 3.81. The molecule has 1 N–H and O–H groups in total. The van der Waals surface area contributed by atoms with Crippen molar-refractivity contribution in [1.29, 1.82) is 0 Å². The monoisotopic (exact) mass is 352 g/mol. The van der Waals surface area contributed by atoms with Gasteiger partial charge in [-0.05, 0) is 34.7 Å². The minimum Gasteiger partial charge on any atom is -0.305 e. The molecule has 0 fully saturated rings. The van der Waals surface area contributed by atoms with E-state index in [2.05, 4.69) is 25.5 Å². The molecule has 0 aliphatic rings. The van der Waals surface area contributed by atoms with Gasteiger partial charge in [0.25, 0.3) is 0 Å². The maximum atomic E-state index is 14.3. The number of hydrogen-bond donors (Lipinski definition) is 1. The molecule has 0 aliphatic heterocycles. The van der Waals surface area contributed by atoms with Crippen LogP contribution in [0.1, 0.15) is 0 Å². The number of aromatic nitrogens is 6. The Morgan fingerprint density at radius 2 is 1.81 bits per heavy atom. The Morgan fingerprint density at radius 1 is 1.00 bits per heavy atom. The van der Waals surface area contributed by atoms with Crippen molar-refractivity contribution in [3.8, 4) is 28.3 Å². The molecule has 0 saturated heterocycles. The quantitative estimate of drug-likeness (QED) is 0.611. The van der Waals surface area contributed by atoms with Crippen LogP contribution in [0.25, 0.3) is 28.3 Å². The summed E-state index contributed by atoms with van der Waals surface area (Å²) in [5.74, 6) is -1.30. The van der Waals surface area contributed by atoms with Crippen molar-refractivity contribution < 1.29 is 8.78 Å². The Hall–Kier alpha value is -3.75. The largest absolute Gasteiger partial charge is 0.345 e. The van der Waals surface area contributed by atoms with Gasteiger partial charge in [0.2, 0.25) is 0 Å². The number of para-hydroxylation sites is 1. The van der Waals surface area contributed by atoms with Crippen molar-refractivity contribution in [1.82, 2.24) is 30.2 Å². The van der Waals surface area contributed by atoms with Crippen LogP contribution in [0.3, 0.4) is 0 Å². The van der Waals surface area contributed by atoms with Gasteiger partial charge in [-0.25, -0.2) is 18.6 Å². The van der Waals surface area contributed by atoms with Crippen molar-refractivity contribution in [2.24, 2.45) is 0 Å². The van der Waals surface area contributed by atoms with Crippen molar-refractivity contribution in [3.63, 3.8) is 0 Å². The standard InChI is InChI=1S/C17H10F2N6O/c18-10-6-7-12(14(19)8-10)15-13(9-20-17(26)21-15)16-22-23-24-25(16)11-4-2-1-3-5-11/h1-9H,(H,20,21,26). The van der Waals surface area contributed by atoms with Crippen LogP contribution in [-0.4, -0.2) is 30.2 Å². The molecule has 0 atom stereocenters. The molecule has 0 spiro atoms. The van der Waals surface area contributed by atoms with Gasteiger partial charge in [-0.15, -0.1) is 5.10 Å². The number of hydrogen-bond acceptors (Lipinski definition) is 5. The highest BCUT2D eigenvalue weighted by Crippen LogP contribution is 2.30. The molecule has 0 saturated carbocycles. The van der Waals surface area contributed by atoms with E-state index < -0.39 is 17.3 Å². The second-order valence-electron chi connectivity index (χ2n) is 5.35. The van der Waals surface area contributed by atoms with Gasteiger partial charge in [-0.3, -0.25) is 0 Å². The molecule has 2 heterocycles. The van der Waals surface area contributed by atoms with Crippen LogP contribution in [0, 0.1) is 11.6 Å². The van der Waals surface area contributed by atoms with Gasteiger partial charge >= 0.3 is 5.69 Å². The fraction of sp³-hybridized carbons (Fsp3) is 0. The summed E-state index contributed by atoms with van der Waals surface area (Å²) in [6, 6.07) is 12.1. The molecular weight excluding hydrogens is 342 g/mol. The molecule has 9 heteroatoms. The number of H-pyrrole nitrogens is 1. The highest BCUT2D eigenvalue weighted by Gasteiger charge is 2.19. The van der Waals surface area contributed by atoms with E-state index in [1.807, 2.05) is 18.2 Å². The summed E-state index contributed by atoms with van der Waals surface area (Å²) in [7, 11) is 0. The zero-order valence-corrected chi connectivity index (χ0v) is 13.1. The number of rotatable bonds is 3. The zero-order chi connectivity index (χ0) is 18.1. The van der Waals surface area contributed by atoms with Crippen LogP contribution in [-0.2, 0) is 0 Å². The molecule has 7 nitrogen and oxygen atoms in total. The second-order valence-corrected chi connectivity index (χ2v) is 5.35. The normalized spacial score (nSPS) is 10.8. The third-order valence-corrected chi connectivity index (χ3v) is 3.72. The van der Waals surface area contributed by atoms with E-state index in [9.17, 15) is 13.6 Å². The van der Waals surface area contributed by atoms with Crippen molar-refractivity contribution in [2.45, 2.75) is 0 Å². The highest BCUT2D eigenvalue weighted by molar-refractivity contribution is 5.77. The fourth-order valence-electron chi connectivity index (χ4n) is 2.57. The Morgan fingerprint density at radius 3 is 2.58 bits per heavy atom. The lowest BCUT2D eigenvalue weighted by molar-refractivity contribution is 0.585. The number of nitrogens with zero attached hydrogens (tertiary/aromatic N) is 5. The van der Waals surface area contributed by atoms with E-state index in [1.54, 1.807) is 12.1 Å². The summed E-state index contributed by atoms with van der Waals surface area (Å²) < 4.78 is 28.9. The van der Waals surface area contributed by atoms with Gasteiger partial charge < -0.3 is 4.98 Å². The maximum absolute atomic E-state index is 14.3. The third kappa shape index (κ3) is 2.75. The molecule has 128 valence electrons. The fourth-order valence-corrected chi connectivity index (χ4v) is 2.57. The molecule has 0 amide bonds. The number of nitrogens with one attached hydrogen (secondary N) is 1. The van der Waals surface area contributed by atoms with Gasteiger partial charge in [0.05, 0.1) is 16.9 Å². The molecule has 0 unspecified atom stereocenters. The van der Waals surface area contributed by atoms with E-state index in [-0.39, 0.29) is 17.1 Å². The molecule has 0 radical (unpaired) electrons. The predicted octanol–water partition coefficient (Wildman–Crippen LogP) is 2.36. The predicted molar refractivity (Wildman–Crippen MR) is 88.4 cm³/mol. The number of halogens is 2. The van der Waals surface area contributed by atoms with Crippen molar-refractivity contribution in [2.75, 3.05) is 0 Å². The molecule has 0 aliphatic carbocycles. The average molecular weight is 352 g/mol. The number of aromatic amines is 1. The summed E-state index contributed by atoms with van der Waals surface area (Å²) in [5, 5.41) is 11.6. The van der Waals surface area contributed by atoms with Gasteiger partial charge in [0, 0.05) is 17.8 Å². The topological polar surface area (TPSA) is 89.3 Å². The van der Waals surface area contributed by atoms with Gasteiger partial charge in [0.15, 0.2) is 5.82 Å². The number of tetrazole rings is 1. The second kappa shape index (κ2) is 6.28. The first-order valence-electron chi connectivity index (χ1n) is 7.52. The molecule has 0 bridgehead atoms. The van der Waals surface area contributed by atoms with Crippen LogP contribution >= 0.6 is 0 Å². The molecule has 2 aromatic heterocycles. The van der Waals surface area contributed by atoms with E-state index in [0.717, 1.165) is 12.1 Å². The van der Waals surface area contributed by atoms with Crippen molar-refractivity contribution in [3.05, 3.63) is 76.8 Å². The summed E-state index contributed by atoms with van der Waals surface area (Å²) in [5.41, 5.74) is 0.400. The smallest absolute Gasteiger partial charge is 0.305 e. The highest BCUT2D eigenvalue weighted by atomic mass is 19.1. The first kappa shape index (κ1) is 15.8. The summed E-state index contributed by atoms with van der Waals surface area (Å²) >= 11 is 0. The zero-order valence-electron chi connectivity index (χ0n) is 13.1. The van der Waals surface area contributed by atoms with Crippen molar-refractivity contribution >= 4 is 0 Å². The van der Waals surface area contributed by atoms with E-state index >= 15 is 0 Å². The summed E-state index contributed by atoms with van der Waals surface area (Å²) in [6.07, 6.45) is 1.25. The van der Waals surface area contributed by atoms with Crippen LogP contribution in [0.5, 0.6) is 0 Å². The van der Waals surface area contributed by atoms with Gasteiger partial charge in [-0.2, -0.15) is 4.68 Å². The lowest BCUT2D eigenvalue weighted by Gasteiger charge is -2.10. The van der Waals surface area contributed by atoms with Crippen LogP contribution in [0.15, 0.2) is 59.5 Å². The Bertz CT molecular complexity index is 1140. The van der Waals surface area contributed by atoms with Gasteiger partial charge in [0.1, 0.15) is 11.6 Å². The lowest BCUT2D eigenvalue weighted by atomic mass is 10.1. The number of benzene rings is 2. The van der Waals surface area contributed by atoms with E-state index in [4.69, 9.17) is 0 Å². The average Bonchev–Trinajstić information content (AvgIpc) is 3.12. The summed E-state index contributed by atoms with van der Waals surface area (Å²) in [4.78, 5) is 17.9. The minimum absolute atomic E-state index is 0.00325. The van der Waals surface area contributed by atoms with Crippen LogP contribution < -0.4 is 5.69 Å². The first-order chi connectivity index (χ1) is 12.6. The SMILES string of the molecule is O=c1ncc(-c2nnnn2-c2ccccc2)c(-c2ccc(F)cc2F)[nH]1. The first-order valence-corrected chi connectivity index (χ1v) is 7.52. The lowest BCUT2D eigenvalue weighted by Crippen LogP contribution is -2.13. The Balaban J connectivity index is 1.95. The van der Waals surface area contributed by atoms with Gasteiger partial charge in [-0.1, -0.05) is 18.2 Å². The van der Waals surface area contributed by atoms with E-state index in [0.29, 0.717) is 11.3 Å². The third-order valence-electron chi connectivity index (χ3n) is 3.72. The molecule has 26 heavy (non-hydrogen) atoms. The molecule has 4 rings (SSSR count).